The number of aromatic nitrogens is 5. The number of aromatic hydroxyl groups is 1. The highest BCUT2D eigenvalue weighted by molar-refractivity contribution is 7.08. The van der Waals surface area contributed by atoms with Gasteiger partial charge in [-0.1, -0.05) is 23.4 Å². The van der Waals surface area contributed by atoms with Gasteiger partial charge in [-0.15, -0.1) is 0 Å². The third kappa shape index (κ3) is 3.35. The van der Waals surface area contributed by atoms with Gasteiger partial charge in [-0.3, -0.25) is 4.68 Å². The molecule has 0 aliphatic heterocycles. The lowest BCUT2D eigenvalue weighted by molar-refractivity contribution is 0.421. The van der Waals surface area contributed by atoms with E-state index in [1.54, 1.807) is 41.2 Å². The van der Waals surface area contributed by atoms with Gasteiger partial charge >= 0.3 is 0 Å². The molecular weight excluding hydrogens is 405 g/mol. The topological polar surface area (TPSA) is 89.9 Å². The van der Waals surface area contributed by atoms with Crippen molar-refractivity contribution in [2.45, 2.75) is 6.54 Å². The quantitative estimate of drug-likeness (QED) is 0.447. The molecule has 0 fully saturated rings. The van der Waals surface area contributed by atoms with Gasteiger partial charge in [0.1, 0.15) is 23.5 Å². The number of hydrogen-bond donors (Lipinski definition) is 1. The van der Waals surface area contributed by atoms with Crippen LogP contribution in [0.4, 0.5) is 4.39 Å². The van der Waals surface area contributed by atoms with Crippen molar-refractivity contribution in [2.24, 2.45) is 0 Å². The molecule has 0 unspecified atom stereocenters. The molecule has 0 bridgehead atoms. The van der Waals surface area contributed by atoms with Crippen molar-refractivity contribution in [3.8, 4) is 39.9 Å². The summed E-state index contributed by atoms with van der Waals surface area (Å²) in [5, 5.41) is 22.7. The van der Waals surface area contributed by atoms with Crippen LogP contribution in [-0.4, -0.2) is 30.0 Å². The number of rotatable bonds is 5. The second kappa shape index (κ2) is 7.53. The monoisotopic (exact) mass is 419 g/mol. The summed E-state index contributed by atoms with van der Waals surface area (Å²) in [6, 6.07) is 11.8. The standard InChI is InChI=1S/C21H14FN5O2S/c22-16-4-2-1-3-13(16)11-27-19(17-5-7-29-26-17)9-18(25-27)20-23-10-15(21(28)24-20)14-6-8-30-12-14/h1-10,12H,11H2,(H,23,24,28). The van der Waals surface area contributed by atoms with Crippen LogP contribution in [0.1, 0.15) is 5.56 Å². The first-order valence-electron chi connectivity index (χ1n) is 9.00. The van der Waals surface area contributed by atoms with Crippen molar-refractivity contribution in [3.63, 3.8) is 0 Å². The molecule has 30 heavy (non-hydrogen) atoms. The maximum absolute atomic E-state index is 14.2. The van der Waals surface area contributed by atoms with Gasteiger partial charge in [-0.2, -0.15) is 21.4 Å². The molecule has 4 aromatic heterocycles. The normalized spacial score (nSPS) is 11.1. The van der Waals surface area contributed by atoms with E-state index in [9.17, 15) is 9.50 Å². The lowest BCUT2D eigenvalue weighted by Crippen LogP contribution is -2.06. The first-order valence-corrected chi connectivity index (χ1v) is 9.94. The Morgan fingerprint density at radius 3 is 2.77 bits per heavy atom. The fraction of sp³-hybridized carbons (Fsp3) is 0.0476. The molecule has 0 saturated heterocycles. The molecule has 0 spiro atoms. The average Bonchev–Trinajstić information content (AvgIpc) is 3.51. The van der Waals surface area contributed by atoms with Gasteiger partial charge < -0.3 is 9.63 Å². The number of nitrogens with zero attached hydrogens (tertiary/aromatic N) is 5. The predicted octanol–water partition coefficient (Wildman–Crippen LogP) is 4.62. The van der Waals surface area contributed by atoms with Crippen LogP contribution in [0.3, 0.4) is 0 Å². The summed E-state index contributed by atoms with van der Waals surface area (Å²) in [7, 11) is 0. The summed E-state index contributed by atoms with van der Waals surface area (Å²) in [5.74, 6) is -0.205. The zero-order valence-electron chi connectivity index (χ0n) is 15.4. The first-order chi connectivity index (χ1) is 14.7. The van der Waals surface area contributed by atoms with E-state index in [0.29, 0.717) is 28.2 Å². The molecule has 1 aromatic carbocycles. The van der Waals surface area contributed by atoms with Crippen LogP contribution in [-0.2, 0) is 6.54 Å². The van der Waals surface area contributed by atoms with Crippen molar-refractivity contribution in [3.05, 3.63) is 77.1 Å². The largest absolute Gasteiger partial charge is 0.493 e. The van der Waals surface area contributed by atoms with Crippen LogP contribution < -0.4 is 0 Å². The van der Waals surface area contributed by atoms with Crippen molar-refractivity contribution >= 4 is 11.3 Å². The lowest BCUT2D eigenvalue weighted by atomic mass is 10.2. The van der Waals surface area contributed by atoms with Gasteiger partial charge in [0.2, 0.25) is 5.88 Å². The molecule has 0 atom stereocenters. The Morgan fingerprint density at radius 1 is 1.13 bits per heavy atom. The minimum absolute atomic E-state index is 0.134. The Labute approximate surface area is 174 Å². The van der Waals surface area contributed by atoms with Crippen LogP contribution in [0.15, 0.2) is 70.2 Å². The predicted molar refractivity (Wildman–Crippen MR) is 109 cm³/mol. The van der Waals surface area contributed by atoms with Crippen molar-refractivity contribution in [1.29, 1.82) is 0 Å². The second-order valence-electron chi connectivity index (χ2n) is 6.49. The number of benzene rings is 1. The Kier molecular flexibility index (Phi) is 4.56. The number of halogens is 1. The van der Waals surface area contributed by atoms with Crippen LogP contribution in [0.25, 0.3) is 34.0 Å². The fourth-order valence-electron chi connectivity index (χ4n) is 3.10. The van der Waals surface area contributed by atoms with Crippen molar-refractivity contribution in [1.82, 2.24) is 24.9 Å². The van der Waals surface area contributed by atoms with E-state index in [1.165, 1.54) is 23.7 Å². The van der Waals surface area contributed by atoms with Gasteiger partial charge in [0.25, 0.3) is 0 Å². The summed E-state index contributed by atoms with van der Waals surface area (Å²) in [5.41, 5.74) is 3.46. The SMILES string of the molecule is Oc1nc(-c2cc(-c3ccon3)n(Cc3ccccc3F)n2)ncc1-c1ccsc1. The average molecular weight is 419 g/mol. The zero-order valence-corrected chi connectivity index (χ0v) is 16.3. The van der Waals surface area contributed by atoms with Crippen LogP contribution in [0.5, 0.6) is 5.88 Å². The van der Waals surface area contributed by atoms with E-state index in [2.05, 4.69) is 20.2 Å². The Hall–Kier alpha value is -3.85. The molecule has 0 radical (unpaired) electrons. The smallest absolute Gasteiger partial charge is 0.222 e. The number of thiophene rings is 1. The van der Waals surface area contributed by atoms with Crippen LogP contribution >= 0.6 is 11.3 Å². The van der Waals surface area contributed by atoms with E-state index in [4.69, 9.17) is 4.52 Å². The highest BCUT2D eigenvalue weighted by Gasteiger charge is 2.18. The molecule has 0 amide bonds. The molecule has 0 saturated carbocycles. The molecule has 4 heterocycles. The van der Waals surface area contributed by atoms with E-state index >= 15 is 0 Å². The van der Waals surface area contributed by atoms with Crippen molar-refractivity contribution in [2.75, 3.05) is 0 Å². The molecule has 1 N–H and O–H groups in total. The molecule has 5 aromatic rings. The highest BCUT2D eigenvalue weighted by Crippen LogP contribution is 2.31. The minimum atomic E-state index is -0.324. The van der Waals surface area contributed by atoms with Crippen LogP contribution in [0.2, 0.25) is 0 Å². The van der Waals surface area contributed by atoms with E-state index in [0.717, 1.165) is 5.56 Å². The van der Waals surface area contributed by atoms with Crippen LogP contribution in [0, 0.1) is 5.82 Å². The van der Waals surface area contributed by atoms with Gasteiger partial charge in [-0.05, 0) is 34.5 Å². The van der Waals surface area contributed by atoms with E-state index in [1.807, 2.05) is 16.8 Å². The van der Waals surface area contributed by atoms with Gasteiger partial charge in [0.15, 0.2) is 5.82 Å². The summed E-state index contributed by atoms with van der Waals surface area (Å²) in [6.45, 7) is 0.188. The lowest BCUT2D eigenvalue weighted by Gasteiger charge is -2.06. The number of hydrogen-bond acceptors (Lipinski definition) is 7. The molecule has 5 rings (SSSR count). The van der Waals surface area contributed by atoms with Gasteiger partial charge in [-0.25, -0.2) is 9.37 Å². The fourth-order valence-corrected chi connectivity index (χ4v) is 3.76. The molecule has 0 aliphatic rings. The molecular formula is C21H14FN5O2S. The van der Waals surface area contributed by atoms with Crippen molar-refractivity contribution < 1.29 is 14.0 Å². The van der Waals surface area contributed by atoms with E-state index < -0.39 is 0 Å². The maximum Gasteiger partial charge on any atom is 0.222 e. The summed E-state index contributed by atoms with van der Waals surface area (Å²) < 4.78 is 20.7. The molecule has 0 aliphatic carbocycles. The molecule has 7 nitrogen and oxygen atoms in total. The Bertz CT molecular complexity index is 1300. The van der Waals surface area contributed by atoms with Gasteiger partial charge in [0.05, 0.1) is 17.8 Å². The zero-order chi connectivity index (χ0) is 20.5. The first kappa shape index (κ1) is 18.2. The summed E-state index contributed by atoms with van der Waals surface area (Å²) in [6.07, 6.45) is 3.01. The second-order valence-corrected chi connectivity index (χ2v) is 7.27. The third-order valence-corrected chi connectivity index (χ3v) is 5.27. The minimum Gasteiger partial charge on any atom is -0.493 e. The molecule has 9 heteroatoms. The Balaban J connectivity index is 1.56. The summed E-state index contributed by atoms with van der Waals surface area (Å²) >= 11 is 1.52. The highest BCUT2D eigenvalue weighted by atomic mass is 32.1. The Morgan fingerprint density at radius 2 is 2.03 bits per heavy atom. The maximum atomic E-state index is 14.2. The molecule has 148 valence electrons. The third-order valence-electron chi connectivity index (χ3n) is 4.59. The summed E-state index contributed by atoms with van der Waals surface area (Å²) in [4.78, 5) is 8.58. The van der Waals surface area contributed by atoms with E-state index in [-0.39, 0.29) is 24.1 Å². The van der Waals surface area contributed by atoms with Gasteiger partial charge in [0, 0.05) is 17.8 Å².